The Morgan fingerprint density at radius 3 is 2.46 bits per heavy atom. The molecule has 0 unspecified atom stereocenters. The molecular formula is C30H42N6O. The number of likely N-dealkylation sites (tertiary alicyclic amines) is 2. The summed E-state index contributed by atoms with van der Waals surface area (Å²) in [6.07, 6.45) is 9.54. The van der Waals surface area contributed by atoms with E-state index in [1.807, 2.05) is 30.2 Å². The highest BCUT2D eigenvalue weighted by molar-refractivity contribution is 5.95. The third-order valence-electron chi connectivity index (χ3n) is 7.82. The molecule has 198 valence electrons. The van der Waals surface area contributed by atoms with Gasteiger partial charge in [0.1, 0.15) is 5.82 Å². The van der Waals surface area contributed by atoms with Crippen LogP contribution in [0.15, 0.2) is 36.7 Å². The average molecular weight is 503 g/mol. The van der Waals surface area contributed by atoms with Crippen molar-refractivity contribution in [2.75, 3.05) is 38.0 Å². The number of piperidine rings is 2. The lowest BCUT2D eigenvalue weighted by atomic mass is 9.91. The number of carbonyl (C=O) groups excluding carboxylic acids is 1. The number of aryl methyl sites for hydroxylation is 1. The van der Waals surface area contributed by atoms with Gasteiger partial charge in [-0.1, -0.05) is 39.3 Å². The minimum Gasteiger partial charge on any atom is -0.310 e. The maximum absolute atomic E-state index is 13.0. The summed E-state index contributed by atoms with van der Waals surface area (Å²) in [5.41, 5.74) is 3.87. The van der Waals surface area contributed by atoms with E-state index in [2.05, 4.69) is 64.2 Å². The lowest BCUT2D eigenvalue weighted by Gasteiger charge is -2.35. The Morgan fingerprint density at radius 1 is 0.973 bits per heavy atom. The Bertz CT molecular complexity index is 1230. The van der Waals surface area contributed by atoms with Crippen molar-refractivity contribution in [1.82, 2.24) is 24.6 Å². The number of amides is 1. The van der Waals surface area contributed by atoms with Crippen LogP contribution >= 0.6 is 0 Å². The third-order valence-corrected chi connectivity index (χ3v) is 7.82. The standard InChI is InChI=1S/C30H42N6O/c1-30(2,3)21-36-14-10-22(11-15-36)29(37)33-28-17-25-16-23(8-9-24(25)18-31-28)26-19-32-34(4)27(26)20-35-12-6-5-7-13-35/h8-9,16-19,22H,5-7,10-15,20-21H2,1-4H3,(H,31,33,37). The Morgan fingerprint density at radius 2 is 1.73 bits per heavy atom. The monoisotopic (exact) mass is 502 g/mol. The van der Waals surface area contributed by atoms with Crippen molar-refractivity contribution in [3.63, 3.8) is 0 Å². The summed E-state index contributed by atoms with van der Waals surface area (Å²) in [6, 6.07) is 8.48. The normalized spacial score (nSPS) is 18.4. The fourth-order valence-electron chi connectivity index (χ4n) is 5.85. The first-order valence-electron chi connectivity index (χ1n) is 13.9. The molecule has 3 aromatic rings. The summed E-state index contributed by atoms with van der Waals surface area (Å²) in [6.45, 7) is 13.1. The fraction of sp³-hybridized carbons (Fsp3) is 0.567. The molecule has 7 heteroatoms. The largest absolute Gasteiger partial charge is 0.310 e. The van der Waals surface area contributed by atoms with Crippen molar-refractivity contribution in [3.8, 4) is 11.1 Å². The molecule has 5 rings (SSSR count). The molecule has 0 aliphatic carbocycles. The van der Waals surface area contributed by atoms with Gasteiger partial charge in [-0.3, -0.25) is 14.4 Å². The maximum Gasteiger partial charge on any atom is 0.228 e. The minimum absolute atomic E-state index is 0.0489. The van der Waals surface area contributed by atoms with Crippen molar-refractivity contribution in [2.45, 2.75) is 59.4 Å². The summed E-state index contributed by atoms with van der Waals surface area (Å²) in [5, 5.41) is 9.84. The topological polar surface area (TPSA) is 66.3 Å². The van der Waals surface area contributed by atoms with Crippen LogP contribution in [0.4, 0.5) is 5.82 Å². The Kier molecular flexibility index (Phi) is 7.63. The van der Waals surface area contributed by atoms with Crippen LogP contribution in [0, 0.1) is 11.3 Å². The van der Waals surface area contributed by atoms with Crippen LogP contribution in [-0.4, -0.2) is 63.2 Å². The van der Waals surface area contributed by atoms with E-state index >= 15 is 0 Å². The highest BCUT2D eigenvalue weighted by Gasteiger charge is 2.27. The van der Waals surface area contributed by atoms with Crippen molar-refractivity contribution in [3.05, 3.63) is 42.4 Å². The van der Waals surface area contributed by atoms with E-state index in [1.165, 1.54) is 30.5 Å². The number of benzene rings is 1. The maximum atomic E-state index is 13.0. The number of anilines is 1. The lowest BCUT2D eigenvalue weighted by Crippen LogP contribution is -2.41. The minimum atomic E-state index is 0.0489. The molecule has 37 heavy (non-hydrogen) atoms. The molecule has 7 nitrogen and oxygen atoms in total. The van der Waals surface area contributed by atoms with E-state index in [1.54, 1.807) is 0 Å². The van der Waals surface area contributed by atoms with E-state index in [0.29, 0.717) is 5.82 Å². The number of pyridine rings is 1. The first kappa shape index (κ1) is 25.9. The van der Waals surface area contributed by atoms with Gasteiger partial charge in [0.2, 0.25) is 5.91 Å². The smallest absolute Gasteiger partial charge is 0.228 e. The summed E-state index contributed by atoms with van der Waals surface area (Å²) in [4.78, 5) is 22.6. The zero-order valence-corrected chi connectivity index (χ0v) is 23.0. The van der Waals surface area contributed by atoms with E-state index in [4.69, 9.17) is 0 Å². The quantitative estimate of drug-likeness (QED) is 0.494. The van der Waals surface area contributed by atoms with Gasteiger partial charge in [0.25, 0.3) is 0 Å². The van der Waals surface area contributed by atoms with Gasteiger partial charge in [0, 0.05) is 43.2 Å². The molecule has 0 radical (unpaired) electrons. The molecule has 1 N–H and O–H groups in total. The predicted molar refractivity (Wildman–Crippen MR) is 150 cm³/mol. The second kappa shape index (κ2) is 10.9. The van der Waals surface area contributed by atoms with Crippen molar-refractivity contribution in [1.29, 1.82) is 0 Å². The zero-order chi connectivity index (χ0) is 26.0. The van der Waals surface area contributed by atoms with E-state index in [0.717, 1.165) is 68.4 Å². The third kappa shape index (κ3) is 6.39. The van der Waals surface area contributed by atoms with Crippen LogP contribution in [0.1, 0.15) is 58.6 Å². The molecule has 0 spiro atoms. The highest BCUT2D eigenvalue weighted by Crippen LogP contribution is 2.30. The van der Waals surface area contributed by atoms with Crippen LogP contribution in [0.3, 0.4) is 0 Å². The number of hydrogen-bond acceptors (Lipinski definition) is 5. The molecule has 2 saturated heterocycles. The number of carbonyl (C=O) groups is 1. The molecule has 2 fully saturated rings. The second-order valence-electron chi connectivity index (χ2n) is 12.2. The molecule has 2 aromatic heterocycles. The van der Waals surface area contributed by atoms with Crippen LogP contribution in [0.25, 0.3) is 21.9 Å². The number of hydrogen-bond donors (Lipinski definition) is 1. The highest BCUT2D eigenvalue weighted by atomic mass is 16.1. The van der Waals surface area contributed by atoms with Crippen LogP contribution in [-0.2, 0) is 18.4 Å². The van der Waals surface area contributed by atoms with E-state index in [-0.39, 0.29) is 17.2 Å². The predicted octanol–water partition coefficient (Wildman–Crippen LogP) is 5.32. The summed E-state index contributed by atoms with van der Waals surface area (Å²) in [7, 11) is 2.04. The SMILES string of the molecule is Cn1ncc(-c2ccc3cnc(NC(=O)C4CCN(CC(C)(C)C)CC4)cc3c2)c1CN1CCCCC1. The Balaban J connectivity index is 1.28. The molecular weight excluding hydrogens is 460 g/mol. The Hall–Kier alpha value is -2.77. The van der Waals surface area contributed by atoms with Crippen molar-refractivity contribution < 1.29 is 4.79 Å². The van der Waals surface area contributed by atoms with Crippen LogP contribution in [0.5, 0.6) is 0 Å². The fourth-order valence-corrected chi connectivity index (χ4v) is 5.85. The van der Waals surface area contributed by atoms with E-state index < -0.39 is 0 Å². The number of nitrogens with one attached hydrogen (secondary N) is 1. The summed E-state index contributed by atoms with van der Waals surface area (Å²) in [5.74, 6) is 0.772. The van der Waals surface area contributed by atoms with Gasteiger partial charge < -0.3 is 10.2 Å². The van der Waals surface area contributed by atoms with Gasteiger partial charge in [-0.15, -0.1) is 0 Å². The first-order chi connectivity index (χ1) is 17.7. The zero-order valence-electron chi connectivity index (χ0n) is 23.0. The summed E-state index contributed by atoms with van der Waals surface area (Å²) < 4.78 is 2.01. The molecule has 0 bridgehead atoms. The molecule has 2 aliphatic heterocycles. The molecule has 4 heterocycles. The molecule has 0 saturated carbocycles. The number of rotatable bonds is 6. The van der Waals surface area contributed by atoms with Crippen LogP contribution in [0.2, 0.25) is 0 Å². The lowest BCUT2D eigenvalue weighted by molar-refractivity contribution is -0.121. The number of fused-ring (bicyclic) bond motifs is 1. The van der Waals surface area contributed by atoms with Crippen molar-refractivity contribution >= 4 is 22.5 Å². The summed E-state index contributed by atoms with van der Waals surface area (Å²) >= 11 is 0. The molecule has 1 amide bonds. The molecule has 0 atom stereocenters. The van der Waals surface area contributed by atoms with Gasteiger partial charge in [0.05, 0.1) is 11.9 Å². The number of aromatic nitrogens is 3. The van der Waals surface area contributed by atoms with Gasteiger partial charge in [-0.25, -0.2) is 4.98 Å². The van der Waals surface area contributed by atoms with Crippen LogP contribution < -0.4 is 5.32 Å². The van der Waals surface area contributed by atoms with Gasteiger partial charge in [-0.2, -0.15) is 5.10 Å². The van der Waals surface area contributed by atoms with E-state index in [9.17, 15) is 4.79 Å². The molecule has 2 aliphatic rings. The van der Waals surface area contributed by atoms with Gasteiger partial charge in [-0.05, 0) is 80.4 Å². The van der Waals surface area contributed by atoms with Crippen molar-refractivity contribution in [2.24, 2.45) is 18.4 Å². The van der Waals surface area contributed by atoms with Gasteiger partial charge in [0.15, 0.2) is 0 Å². The first-order valence-corrected chi connectivity index (χ1v) is 13.9. The Labute approximate surface area is 221 Å². The average Bonchev–Trinajstić information content (AvgIpc) is 3.23. The second-order valence-corrected chi connectivity index (χ2v) is 12.2. The number of nitrogens with zero attached hydrogens (tertiary/aromatic N) is 5. The molecule has 1 aromatic carbocycles. The van der Waals surface area contributed by atoms with Gasteiger partial charge >= 0.3 is 0 Å².